The highest BCUT2D eigenvalue weighted by Gasteiger charge is 2.28. The normalized spacial score (nSPS) is 18.3. The third-order valence-electron chi connectivity index (χ3n) is 4.94. The fourth-order valence-electron chi connectivity index (χ4n) is 3.82. The number of hydrogen-bond acceptors (Lipinski definition) is 2. The van der Waals surface area contributed by atoms with Crippen molar-refractivity contribution in [1.29, 1.82) is 0 Å². The highest BCUT2D eigenvalue weighted by molar-refractivity contribution is 5.78. The van der Waals surface area contributed by atoms with Crippen molar-refractivity contribution >= 4 is 12.5 Å². The summed E-state index contributed by atoms with van der Waals surface area (Å²) in [5.41, 5.74) is 4.70. The summed E-state index contributed by atoms with van der Waals surface area (Å²) in [6.07, 6.45) is 8.46. The van der Waals surface area contributed by atoms with E-state index in [1.165, 1.54) is 29.7 Å². The van der Waals surface area contributed by atoms with E-state index in [1.807, 2.05) is 19.2 Å². The Morgan fingerprint density at radius 2 is 2.05 bits per heavy atom. The van der Waals surface area contributed by atoms with Crippen molar-refractivity contribution in [3.8, 4) is 0 Å². The van der Waals surface area contributed by atoms with E-state index >= 15 is 0 Å². The Kier molecular flexibility index (Phi) is 5.40. The maximum atomic E-state index is 11.5. The minimum atomic E-state index is 0.521. The third kappa shape index (κ3) is 2.98. The van der Waals surface area contributed by atoms with Crippen LogP contribution in [0.2, 0.25) is 0 Å². The van der Waals surface area contributed by atoms with Crippen molar-refractivity contribution in [3.05, 3.63) is 28.6 Å². The Morgan fingerprint density at radius 1 is 1.38 bits per heavy atom. The fourth-order valence-corrected chi connectivity index (χ4v) is 3.82. The van der Waals surface area contributed by atoms with Gasteiger partial charge >= 0.3 is 0 Å². The molecule has 2 rings (SSSR count). The van der Waals surface area contributed by atoms with Gasteiger partial charge < -0.3 is 9.88 Å². The Hall–Kier alpha value is -1.35. The Morgan fingerprint density at radius 3 is 2.57 bits per heavy atom. The number of piperidine rings is 1. The smallest absolute Gasteiger partial charge is 0.167 e. The van der Waals surface area contributed by atoms with E-state index in [0.717, 1.165) is 37.4 Å². The SMILES string of the molecule is C/C=C\n1c(C=O)c(C)c(C(C)C2CCNCC2)c1CC. The molecule has 0 aromatic carbocycles. The molecule has 0 saturated carbocycles. The van der Waals surface area contributed by atoms with Crippen molar-refractivity contribution in [1.82, 2.24) is 9.88 Å². The molecule has 1 unspecified atom stereocenters. The molecule has 116 valence electrons. The van der Waals surface area contributed by atoms with Gasteiger partial charge in [-0.25, -0.2) is 0 Å². The van der Waals surface area contributed by atoms with Gasteiger partial charge in [0.15, 0.2) is 6.29 Å². The molecule has 0 radical (unpaired) electrons. The fraction of sp³-hybridized carbons (Fsp3) is 0.611. The molecule has 1 aromatic rings. The van der Waals surface area contributed by atoms with Gasteiger partial charge in [0, 0.05) is 11.9 Å². The Balaban J connectivity index is 2.48. The van der Waals surface area contributed by atoms with Gasteiger partial charge in [0.1, 0.15) is 0 Å². The standard InChI is InChI=1S/C18H28N2O/c1-5-11-20-16(6-2)18(14(4)17(20)12-21)13(3)15-7-9-19-10-8-15/h5,11-13,15,19H,6-10H2,1-4H3/b11-5-. The average Bonchev–Trinajstić information content (AvgIpc) is 2.79. The third-order valence-corrected chi connectivity index (χ3v) is 4.94. The van der Waals surface area contributed by atoms with Crippen LogP contribution in [0.1, 0.15) is 66.8 Å². The first kappa shape index (κ1) is 16.0. The second-order valence-corrected chi connectivity index (χ2v) is 6.07. The lowest BCUT2D eigenvalue weighted by atomic mass is 9.80. The molecule has 0 bridgehead atoms. The number of allylic oxidation sites excluding steroid dienone is 1. The molecule has 3 nitrogen and oxygen atoms in total. The number of aldehydes is 1. The lowest BCUT2D eigenvalue weighted by molar-refractivity contribution is 0.111. The van der Waals surface area contributed by atoms with Crippen LogP contribution in [0.4, 0.5) is 0 Å². The second kappa shape index (κ2) is 7.08. The molecule has 1 aromatic heterocycles. The Bertz CT molecular complexity index is 522. The molecule has 1 aliphatic heterocycles. The first-order valence-corrected chi connectivity index (χ1v) is 8.17. The highest BCUT2D eigenvalue weighted by Crippen LogP contribution is 2.37. The van der Waals surface area contributed by atoms with Gasteiger partial charge in [-0.2, -0.15) is 0 Å². The van der Waals surface area contributed by atoms with E-state index in [4.69, 9.17) is 0 Å². The zero-order chi connectivity index (χ0) is 15.4. The molecule has 3 heteroatoms. The van der Waals surface area contributed by atoms with Gasteiger partial charge in [0.25, 0.3) is 0 Å². The lowest BCUT2D eigenvalue weighted by Gasteiger charge is -2.29. The van der Waals surface area contributed by atoms with Crippen molar-refractivity contribution in [2.75, 3.05) is 13.1 Å². The molecule has 1 aliphatic rings. The minimum Gasteiger partial charge on any atom is -0.318 e. The summed E-state index contributed by atoms with van der Waals surface area (Å²) in [6.45, 7) is 10.9. The van der Waals surface area contributed by atoms with E-state index in [0.29, 0.717) is 5.92 Å². The maximum absolute atomic E-state index is 11.5. The van der Waals surface area contributed by atoms with Crippen molar-refractivity contribution in [2.45, 2.75) is 52.9 Å². The molecule has 0 amide bonds. The molecule has 0 aliphatic carbocycles. The van der Waals surface area contributed by atoms with Gasteiger partial charge in [-0.05, 0) is 69.2 Å². The summed E-state index contributed by atoms with van der Waals surface area (Å²) < 4.78 is 2.09. The summed E-state index contributed by atoms with van der Waals surface area (Å²) in [7, 11) is 0. The lowest BCUT2D eigenvalue weighted by Crippen LogP contribution is -2.30. The monoisotopic (exact) mass is 288 g/mol. The van der Waals surface area contributed by atoms with E-state index in [-0.39, 0.29) is 0 Å². The van der Waals surface area contributed by atoms with Gasteiger partial charge in [0.05, 0.1) is 5.69 Å². The van der Waals surface area contributed by atoms with Crippen LogP contribution in [0.3, 0.4) is 0 Å². The van der Waals surface area contributed by atoms with Gasteiger partial charge in [-0.3, -0.25) is 4.79 Å². The number of nitrogens with one attached hydrogen (secondary N) is 1. The van der Waals surface area contributed by atoms with Crippen LogP contribution in [0.15, 0.2) is 6.08 Å². The number of rotatable bonds is 5. The van der Waals surface area contributed by atoms with Gasteiger partial charge in [-0.1, -0.05) is 19.9 Å². The number of carbonyl (C=O) groups excluding carboxylic acids is 1. The van der Waals surface area contributed by atoms with Gasteiger partial charge in [0.2, 0.25) is 0 Å². The summed E-state index contributed by atoms with van der Waals surface area (Å²) >= 11 is 0. The van der Waals surface area contributed by atoms with Crippen LogP contribution >= 0.6 is 0 Å². The summed E-state index contributed by atoms with van der Waals surface area (Å²) in [6, 6.07) is 0. The van der Waals surface area contributed by atoms with E-state index in [2.05, 4.69) is 30.7 Å². The minimum absolute atomic E-state index is 0.521. The van der Waals surface area contributed by atoms with Crippen molar-refractivity contribution in [2.24, 2.45) is 5.92 Å². The molecule has 1 N–H and O–H groups in total. The molecule has 1 saturated heterocycles. The predicted molar refractivity (Wildman–Crippen MR) is 88.9 cm³/mol. The molecule has 0 spiro atoms. The summed E-state index contributed by atoms with van der Waals surface area (Å²) in [5, 5.41) is 3.44. The van der Waals surface area contributed by atoms with Crippen molar-refractivity contribution < 1.29 is 4.79 Å². The summed E-state index contributed by atoms with van der Waals surface area (Å²) in [5.74, 6) is 1.24. The predicted octanol–water partition coefficient (Wildman–Crippen LogP) is 3.77. The van der Waals surface area contributed by atoms with Crippen LogP contribution in [-0.2, 0) is 6.42 Å². The molecular formula is C18H28N2O. The topological polar surface area (TPSA) is 34.0 Å². The van der Waals surface area contributed by atoms with Gasteiger partial charge in [-0.15, -0.1) is 0 Å². The van der Waals surface area contributed by atoms with Crippen LogP contribution in [0.25, 0.3) is 6.20 Å². The molecule has 1 fully saturated rings. The zero-order valence-corrected chi connectivity index (χ0v) is 13.8. The quantitative estimate of drug-likeness (QED) is 0.837. The van der Waals surface area contributed by atoms with Crippen LogP contribution < -0.4 is 5.32 Å². The summed E-state index contributed by atoms with van der Waals surface area (Å²) in [4.78, 5) is 11.5. The number of hydrogen-bond donors (Lipinski definition) is 1. The molecule has 21 heavy (non-hydrogen) atoms. The van der Waals surface area contributed by atoms with Crippen LogP contribution in [0, 0.1) is 12.8 Å². The molecule has 1 atom stereocenters. The number of carbonyl (C=O) groups is 1. The number of nitrogens with zero attached hydrogens (tertiary/aromatic N) is 1. The Labute approximate surface area is 128 Å². The zero-order valence-electron chi connectivity index (χ0n) is 13.8. The van der Waals surface area contributed by atoms with E-state index in [9.17, 15) is 4.79 Å². The molecular weight excluding hydrogens is 260 g/mol. The first-order valence-electron chi connectivity index (χ1n) is 8.17. The van der Waals surface area contributed by atoms with Crippen LogP contribution in [0.5, 0.6) is 0 Å². The number of aromatic nitrogens is 1. The average molecular weight is 288 g/mol. The first-order chi connectivity index (χ1) is 10.2. The van der Waals surface area contributed by atoms with E-state index < -0.39 is 0 Å². The highest BCUT2D eigenvalue weighted by atomic mass is 16.1. The molecule has 2 heterocycles. The second-order valence-electron chi connectivity index (χ2n) is 6.07. The maximum Gasteiger partial charge on any atom is 0.167 e. The van der Waals surface area contributed by atoms with E-state index in [1.54, 1.807) is 0 Å². The largest absolute Gasteiger partial charge is 0.318 e. The van der Waals surface area contributed by atoms with Crippen LogP contribution in [-0.4, -0.2) is 23.9 Å². The van der Waals surface area contributed by atoms with Crippen molar-refractivity contribution in [3.63, 3.8) is 0 Å².